The molecule has 2 N–H and O–H groups in total. The Kier molecular flexibility index (Phi) is 3.31. The lowest BCUT2D eigenvalue weighted by molar-refractivity contribution is 0.835. The van der Waals surface area contributed by atoms with Gasteiger partial charge in [-0.3, -0.25) is 9.89 Å². The number of nitrogens with one attached hydrogen (secondary N) is 2. The van der Waals surface area contributed by atoms with E-state index >= 15 is 0 Å². The molecule has 0 aliphatic heterocycles. The molecule has 0 fully saturated rings. The van der Waals surface area contributed by atoms with Crippen LogP contribution in [0.2, 0.25) is 0 Å². The summed E-state index contributed by atoms with van der Waals surface area (Å²) in [6.45, 7) is 1.79. The molecule has 2 heterocycles. The molecule has 0 amide bonds. The SMILES string of the molecule is Cc1[nH]n(-c2ccccc2)c(=O)c1N=Nc1nc2ccccc2[nH]1. The Hall–Kier alpha value is -3.48. The van der Waals surface area contributed by atoms with Gasteiger partial charge >= 0.3 is 0 Å². The van der Waals surface area contributed by atoms with Gasteiger partial charge < -0.3 is 4.98 Å². The number of imidazole rings is 1. The molecule has 4 rings (SSSR count). The lowest BCUT2D eigenvalue weighted by Gasteiger charge is -1.99. The third kappa shape index (κ3) is 2.41. The monoisotopic (exact) mass is 318 g/mol. The molecule has 118 valence electrons. The molecular formula is C17H14N6O. The molecule has 0 radical (unpaired) electrons. The van der Waals surface area contributed by atoms with Crippen molar-refractivity contribution in [2.45, 2.75) is 6.92 Å². The number of hydrogen-bond donors (Lipinski definition) is 2. The molecule has 4 aromatic rings. The Morgan fingerprint density at radius 3 is 2.54 bits per heavy atom. The van der Waals surface area contributed by atoms with Crippen LogP contribution in [0.25, 0.3) is 16.7 Å². The van der Waals surface area contributed by atoms with E-state index in [9.17, 15) is 4.79 Å². The van der Waals surface area contributed by atoms with Gasteiger partial charge in [-0.15, -0.1) is 10.2 Å². The molecule has 0 bridgehead atoms. The minimum Gasteiger partial charge on any atom is -0.321 e. The summed E-state index contributed by atoms with van der Waals surface area (Å²) in [6, 6.07) is 16.9. The lowest BCUT2D eigenvalue weighted by atomic mass is 10.3. The number of nitrogens with zero attached hydrogens (tertiary/aromatic N) is 4. The zero-order valence-electron chi connectivity index (χ0n) is 12.9. The van der Waals surface area contributed by atoms with E-state index in [1.165, 1.54) is 4.68 Å². The second-order valence-corrected chi connectivity index (χ2v) is 5.34. The molecule has 2 aromatic carbocycles. The van der Waals surface area contributed by atoms with Crippen LogP contribution in [0.1, 0.15) is 5.69 Å². The van der Waals surface area contributed by atoms with Crippen molar-refractivity contribution in [1.82, 2.24) is 19.7 Å². The predicted octanol–water partition coefficient (Wildman–Crippen LogP) is 3.77. The number of rotatable bonds is 3. The number of azo groups is 1. The average Bonchev–Trinajstić information content (AvgIpc) is 3.14. The summed E-state index contributed by atoms with van der Waals surface area (Å²) in [5.74, 6) is 0.363. The van der Waals surface area contributed by atoms with Crippen molar-refractivity contribution >= 4 is 22.7 Å². The van der Waals surface area contributed by atoms with Gasteiger partial charge in [0.25, 0.3) is 5.56 Å². The second-order valence-electron chi connectivity index (χ2n) is 5.34. The standard InChI is InChI=1S/C17H14N6O/c1-11-15(16(24)23(22-11)12-7-3-2-4-8-12)20-21-17-18-13-9-5-6-10-14(13)19-17/h2-10,22H,1H3,(H,18,19). The van der Waals surface area contributed by atoms with Crippen molar-refractivity contribution < 1.29 is 0 Å². The number of aromatic nitrogens is 4. The van der Waals surface area contributed by atoms with Crippen molar-refractivity contribution in [2.75, 3.05) is 0 Å². The first-order chi connectivity index (χ1) is 11.7. The minimum atomic E-state index is -0.251. The minimum absolute atomic E-state index is 0.251. The fourth-order valence-corrected chi connectivity index (χ4v) is 2.50. The lowest BCUT2D eigenvalue weighted by Crippen LogP contribution is -2.13. The number of hydrogen-bond acceptors (Lipinski definition) is 4. The molecule has 0 saturated heterocycles. The van der Waals surface area contributed by atoms with Crippen molar-refractivity contribution in [2.24, 2.45) is 10.2 Å². The molecular weight excluding hydrogens is 304 g/mol. The smallest absolute Gasteiger partial charge is 0.299 e. The van der Waals surface area contributed by atoms with Gasteiger partial charge in [0.05, 0.1) is 22.4 Å². The zero-order valence-corrected chi connectivity index (χ0v) is 12.9. The second kappa shape index (κ2) is 5.62. The predicted molar refractivity (Wildman–Crippen MR) is 91.4 cm³/mol. The maximum absolute atomic E-state index is 12.5. The van der Waals surface area contributed by atoms with Gasteiger partial charge in [-0.2, -0.15) is 0 Å². The van der Waals surface area contributed by atoms with Gasteiger partial charge in [-0.1, -0.05) is 30.3 Å². The molecule has 0 aliphatic rings. The first-order valence-electron chi connectivity index (χ1n) is 7.46. The summed E-state index contributed by atoms with van der Waals surface area (Å²) < 4.78 is 1.45. The number of fused-ring (bicyclic) bond motifs is 1. The van der Waals surface area contributed by atoms with Gasteiger partial charge in [-0.25, -0.2) is 9.67 Å². The summed E-state index contributed by atoms with van der Waals surface area (Å²) in [7, 11) is 0. The Morgan fingerprint density at radius 2 is 1.75 bits per heavy atom. The van der Waals surface area contributed by atoms with E-state index in [0.29, 0.717) is 11.6 Å². The summed E-state index contributed by atoms with van der Waals surface area (Å²) in [4.78, 5) is 19.9. The number of para-hydroxylation sites is 3. The van der Waals surface area contributed by atoms with Crippen molar-refractivity contribution in [3.05, 3.63) is 70.6 Å². The fraction of sp³-hybridized carbons (Fsp3) is 0.0588. The Morgan fingerprint density at radius 1 is 1.00 bits per heavy atom. The normalized spacial score (nSPS) is 11.5. The molecule has 0 aliphatic carbocycles. The number of H-pyrrole nitrogens is 2. The summed E-state index contributed by atoms with van der Waals surface area (Å²) >= 11 is 0. The fourth-order valence-electron chi connectivity index (χ4n) is 2.50. The van der Waals surface area contributed by atoms with E-state index in [2.05, 4.69) is 25.3 Å². The maximum Gasteiger partial charge on any atom is 0.299 e. The van der Waals surface area contributed by atoms with E-state index < -0.39 is 0 Å². The molecule has 0 saturated carbocycles. The maximum atomic E-state index is 12.5. The van der Waals surface area contributed by atoms with Crippen LogP contribution >= 0.6 is 0 Å². The summed E-state index contributed by atoms with van der Waals surface area (Å²) in [5.41, 5.74) is 3.08. The van der Waals surface area contributed by atoms with Gasteiger partial charge in [0.15, 0.2) is 5.69 Å². The quantitative estimate of drug-likeness (QED) is 0.563. The van der Waals surface area contributed by atoms with Crippen LogP contribution in [-0.2, 0) is 0 Å². The van der Waals surface area contributed by atoms with Crippen LogP contribution in [0.3, 0.4) is 0 Å². The Bertz CT molecular complexity index is 1050. The first-order valence-corrected chi connectivity index (χ1v) is 7.46. The zero-order chi connectivity index (χ0) is 16.5. The molecule has 2 aromatic heterocycles. The Labute approximate surface area is 136 Å². The number of benzene rings is 2. The molecule has 0 unspecified atom stereocenters. The molecule has 7 nitrogen and oxygen atoms in total. The van der Waals surface area contributed by atoms with E-state index in [1.807, 2.05) is 54.6 Å². The van der Waals surface area contributed by atoms with Crippen LogP contribution < -0.4 is 5.56 Å². The highest BCUT2D eigenvalue weighted by Gasteiger charge is 2.12. The van der Waals surface area contributed by atoms with Crippen LogP contribution in [0.5, 0.6) is 0 Å². The summed E-state index contributed by atoms with van der Waals surface area (Å²) in [5, 5.41) is 11.2. The van der Waals surface area contributed by atoms with Gasteiger partial charge in [0.1, 0.15) is 0 Å². The third-order valence-electron chi connectivity index (χ3n) is 3.68. The average molecular weight is 318 g/mol. The topological polar surface area (TPSA) is 91.2 Å². The van der Waals surface area contributed by atoms with Crippen molar-refractivity contribution in [3.8, 4) is 5.69 Å². The highest BCUT2D eigenvalue weighted by atomic mass is 16.1. The third-order valence-corrected chi connectivity index (χ3v) is 3.68. The van der Waals surface area contributed by atoms with Crippen LogP contribution in [-0.4, -0.2) is 19.7 Å². The molecule has 7 heteroatoms. The molecule has 24 heavy (non-hydrogen) atoms. The highest BCUT2D eigenvalue weighted by Crippen LogP contribution is 2.19. The first kappa shape index (κ1) is 14.1. The van der Waals surface area contributed by atoms with E-state index in [-0.39, 0.29) is 11.2 Å². The number of aromatic amines is 2. The van der Waals surface area contributed by atoms with E-state index in [0.717, 1.165) is 16.7 Å². The largest absolute Gasteiger partial charge is 0.321 e. The van der Waals surface area contributed by atoms with E-state index in [4.69, 9.17) is 0 Å². The number of aryl methyl sites for hydroxylation is 1. The van der Waals surface area contributed by atoms with Crippen molar-refractivity contribution in [3.63, 3.8) is 0 Å². The highest BCUT2D eigenvalue weighted by molar-refractivity contribution is 5.76. The van der Waals surface area contributed by atoms with Gasteiger partial charge in [0, 0.05) is 0 Å². The molecule has 0 atom stereocenters. The van der Waals surface area contributed by atoms with E-state index in [1.54, 1.807) is 6.92 Å². The summed E-state index contributed by atoms with van der Waals surface area (Å²) in [6.07, 6.45) is 0. The van der Waals surface area contributed by atoms with Crippen molar-refractivity contribution in [1.29, 1.82) is 0 Å². The van der Waals surface area contributed by atoms with Crippen LogP contribution in [0.15, 0.2) is 69.6 Å². The van der Waals surface area contributed by atoms with Crippen LogP contribution in [0, 0.1) is 6.92 Å². The Balaban J connectivity index is 1.72. The van der Waals surface area contributed by atoms with Gasteiger partial charge in [-0.05, 0) is 31.2 Å². The molecule has 0 spiro atoms. The van der Waals surface area contributed by atoms with Crippen LogP contribution in [0.4, 0.5) is 11.6 Å². The van der Waals surface area contributed by atoms with Gasteiger partial charge in [0.2, 0.25) is 5.95 Å².